The van der Waals surface area contributed by atoms with Crippen LogP contribution in [0.5, 0.6) is 0 Å². The number of thiophene rings is 1. The SMILES string of the molecule is CC1=CC=CC(F)C1.CCC.CCOC(=O)c1c(NC)sc(C(C)=O)c1C.[HH]. The molecule has 1 aliphatic carbocycles. The van der Waals surface area contributed by atoms with Crippen LogP contribution in [-0.4, -0.2) is 31.6 Å². The first-order valence-corrected chi connectivity index (χ1v) is 10.0. The molecular formula is C21H34FNO3S. The molecule has 0 radical (unpaired) electrons. The van der Waals surface area contributed by atoms with Crippen LogP contribution in [0.25, 0.3) is 0 Å². The highest BCUT2D eigenvalue weighted by Crippen LogP contribution is 2.33. The number of halogens is 1. The number of Topliss-reactive ketones (excluding diaryl/α,β-unsaturated/α-hetero) is 1. The van der Waals surface area contributed by atoms with Crippen LogP contribution in [0.1, 0.15) is 74.5 Å². The molecule has 2 rings (SSSR count). The van der Waals surface area contributed by atoms with E-state index >= 15 is 0 Å². The minimum Gasteiger partial charge on any atom is -0.462 e. The van der Waals surface area contributed by atoms with Crippen molar-refractivity contribution in [3.63, 3.8) is 0 Å². The molecule has 1 heterocycles. The summed E-state index contributed by atoms with van der Waals surface area (Å²) in [6.07, 6.45) is 6.38. The second-order valence-corrected chi connectivity index (χ2v) is 7.13. The molecule has 1 aromatic rings. The Labute approximate surface area is 168 Å². The van der Waals surface area contributed by atoms with Crippen molar-refractivity contribution in [3.05, 3.63) is 39.8 Å². The molecule has 0 saturated heterocycles. The predicted octanol–water partition coefficient (Wildman–Crippen LogP) is 6.37. The van der Waals surface area contributed by atoms with Crippen LogP contribution in [0.15, 0.2) is 23.8 Å². The number of alkyl halides is 1. The molecule has 154 valence electrons. The van der Waals surface area contributed by atoms with Gasteiger partial charge in [0.05, 0.1) is 17.0 Å². The number of hydrogen-bond donors (Lipinski definition) is 1. The molecule has 0 saturated carbocycles. The average Bonchev–Trinajstić information content (AvgIpc) is 2.93. The van der Waals surface area contributed by atoms with Gasteiger partial charge in [-0.15, -0.1) is 11.3 Å². The lowest BCUT2D eigenvalue weighted by atomic mass is 10.1. The van der Waals surface area contributed by atoms with Gasteiger partial charge in [-0.2, -0.15) is 0 Å². The van der Waals surface area contributed by atoms with Crippen molar-refractivity contribution in [1.29, 1.82) is 0 Å². The number of nitrogens with one attached hydrogen (secondary N) is 1. The highest BCUT2D eigenvalue weighted by atomic mass is 32.1. The van der Waals surface area contributed by atoms with Gasteiger partial charge >= 0.3 is 5.97 Å². The third-order valence-electron chi connectivity index (χ3n) is 3.39. The van der Waals surface area contributed by atoms with Crippen LogP contribution in [-0.2, 0) is 4.74 Å². The summed E-state index contributed by atoms with van der Waals surface area (Å²) >= 11 is 1.29. The zero-order valence-corrected chi connectivity index (χ0v) is 18.3. The Balaban J connectivity index is 0. The van der Waals surface area contributed by atoms with E-state index in [2.05, 4.69) is 19.2 Å². The van der Waals surface area contributed by atoms with Crippen LogP contribution in [0.2, 0.25) is 0 Å². The molecule has 1 aliphatic rings. The molecule has 4 nitrogen and oxygen atoms in total. The maximum Gasteiger partial charge on any atom is 0.341 e. The van der Waals surface area contributed by atoms with Gasteiger partial charge in [0, 0.05) is 14.9 Å². The number of ketones is 1. The summed E-state index contributed by atoms with van der Waals surface area (Å²) in [7, 11) is 1.72. The number of carbonyl (C=O) groups is 2. The Bertz CT molecular complexity index is 683. The third-order valence-corrected chi connectivity index (χ3v) is 4.80. The summed E-state index contributed by atoms with van der Waals surface area (Å²) in [6, 6.07) is 0. The highest BCUT2D eigenvalue weighted by Gasteiger charge is 2.23. The molecule has 1 N–H and O–H groups in total. The van der Waals surface area contributed by atoms with Crippen LogP contribution in [0.4, 0.5) is 9.39 Å². The minimum absolute atomic E-state index is 0. The Kier molecular flexibility index (Phi) is 12.3. The second kappa shape index (κ2) is 13.3. The molecule has 0 aromatic carbocycles. The van der Waals surface area contributed by atoms with E-state index in [1.807, 2.05) is 13.0 Å². The first kappa shape index (κ1) is 25.1. The first-order chi connectivity index (χ1) is 12.7. The monoisotopic (exact) mass is 399 g/mol. The van der Waals surface area contributed by atoms with E-state index in [1.165, 1.54) is 24.7 Å². The third kappa shape index (κ3) is 8.52. The van der Waals surface area contributed by atoms with Gasteiger partial charge < -0.3 is 10.1 Å². The number of allylic oxidation sites excluding steroid dienone is 4. The summed E-state index contributed by atoms with van der Waals surface area (Å²) in [5, 5.41) is 3.60. The number of rotatable bonds is 4. The van der Waals surface area contributed by atoms with E-state index < -0.39 is 6.17 Å². The fourth-order valence-corrected chi connectivity index (χ4v) is 3.30. The standard InChI is InChI=1S/C11H15NO3S.C7H9F.C3H8.H2/c1-5-15-11(14)8-6(2)9(7(3)13)16-10(8)12-4;1-6-3-2-4-7(8)5-6;1-3-2;/h12H,5H2,1-4H3;2-4,7H,5H2,1H3;3H2,1-2H3;1H. The van der Waals surface area contributed by atoms with Crippen molar-refractivity contribution in [2.24, 2.45) is 0 Å². The number of carbonyl (C=O) groups excluding carboxylic acids is 2. The molecule has 0 fully saturated rings. The molecule has 1 unspecified atom stereocenters. The van der Waals surface area contributed by atoms with Gasteiger partial charge in [0.1, 0.15) is 11.2 Å². The van der Waals surface area contributed by atoms with E-state index in [0.29, 0.717) is 34.0 Å². The number of hydrogen-bond acceptors (Lipinski definition) is 5. The van der Waals surface area contributed by atoms with Crippen LogP contribution < -0.4 is 5.32 Å². The van der Waals surface area contributed by atoms with Crippen LogP contribution in [0, 0.1) is 6.92 Å². The van der Waals surface area contributed by atoms with Gasteiger partial charge in [0.15, 0.2) is 5.78 Å². The maximum atomic E-state index is 12.3. The summed E-state index contributed by atoms with van der Waals surface area (Å²) in [5.74, 6) is -0.414. The lowest BCUT2D eigenvalue weighted by Crippen LogP contribution is -2.08. The molecule has 6 heteroatoms. The zero-order valence-electron chi connectivity index (χ0n) is 17.4. The van der Waals surface area contributed by atoms with Crippen LogP contribution >= 0.6 is 11.3 Å². The Morgan fingerprint density at radius 1 is 1.33 bits per heavy atom. The van der Waals surface area contributed by atoms with Gasteiger partial charge in [-0.3, -0.25) is 4.79 Å². The van der Waals surface area contributed by atoms with E-state index in [9.17, 15) is 14.0 Å². The summed E-state index contributed by atoms with van der Waals surface area (Å²) in [4.78, 5) is 23.7. The molecular weight excluding hydrogens is 365 g/mol. The van der Waals surface area contributed by atoms with Crippen molar-refractivity contribution >= 4 is 28.1 Å². The van der Waals surface area contributed by atoms with E-state index in [1.54, 1.807) is 33.0 Å². The molecule has 1 atom stereocenters. The van der Waals surface area contributed by atoms with Crippen molar-refractivity contribution in [2.45, 2.75) is 60.6 Å². The quantitative estimate of drug-likeness (QED) is 0.472. The van der Waals surface area contributed by atoms with Crippen molar-refractivity contribution in [2.75, 3.05) is 19.0 Å². The first-order valence-electron chi connectivity index (χ1n) is 9.20. The molecule has 0 bridgehead atoms. The van der Waals surface area contributed by atoms with Crippen molar-refractivity contribution < 1.29 is 20.1 Å². The highest BCUT2D eigenvalue weighted by molar-refractivity contribution is 7.18. The fraction of sp³-hybridized carbons (Fsp3) is 0.524. The molecule has 1 aromatic heterocycles. The fourth-order valence-electron chi connectivity index (χ4n) is 2.26. The van der Waals surface area contributed by atoms with Gasteiger partial charge in [0.25, 0.3) is 0 Å². The minimum atomic E-state index is -0.736. The molecule has 0 aliphatic heterocycles. The Hall–Kier alpha value is -1.95. The lowest BCUT2D eigenvalue weighted by Gasteiger charge is -2.05. The molecule has 0 amide bonds. The maximum absolute atomic E-state index is 12.3. The topological polar surface area (TPSA) is 55.4 Å². The van der Waals surface area contributed by atoms with Crippen LogP contribution in [0.3, 0.4) is 0 Å². The van der Waals surface area contributed by atoms with E-state index in [-0.39, 0.29) is 13.2 Å². The summed E-state index contributed by atoms with van der Waals surface area (Å²) in [5.41, 5.74) is 2.29. The Morgan fingerprint density at radius 2 is 1.93 bits per heavy atom. The number of anilines is 1. The average molecular weight is 400 g/mol. The summed E-state index contributed by atoms with van der Waals surface area (Å²) in [6.45, 7) is 11.5. The van der Waals surface area contributed by atoms with Gasteiger partial charge in [-0.1, -0.05) is 44.1 Å². The second-order valence-electron chi connectivity index (χ2n) is 6.11. The van der Waals surface area contributed by atoms with Gasteiger partial charge in [-0.25, -0.2) is 9.18 Å². The van der Waals surface area contributed by atoms with E-state index in [0.717, 1.165) is 5.57 Å². The summed E-state index contributed by atoms with van der Waals surface area (Å²) < 4.78 is 17.3. The van der Waals surface area contributed by atoms with Gasteiger partial charge in [0.2, 0.25) is 0 Å². The predicted molar refractivity (Wildman–Crippen MR) is 115 cm³/mol. The zero-order chi connectivity index (χ0) is 21.0. The molecule has 27 heavy (non-hydrogen) atoms. The largest absolute Gasteiger partial charge is 0.462 e. The lowest BCUT2D eigenvalue weighted by molar-refractivity contribution is 0.0527. The smallest absolute Gasteiger partial charge is 0.341 e. The van der Waals surface area contributed by atoms with Gasteiger partial charge in [-0.05, 0) is 33.3 Å². The number of esters is 1. The normalized spacial score (nSPS) is 14.8. The molecule has 0 spiro atoms. The number of ether oxygens (including phenoxy) is 1. The Morgan fingerprint density at radius 3 is 2.30 bits per heavy atom. The van der Waals surface area contributed by atoms with E-state index in [4.69, 9.17) is 4.74 Å². The van der Waals surface area contributed by atoms with Crippen molar-refractivity contribution in [3.8, 4) is 0 Å². The van der Waals surface area contributed by atoms with Crippen molar-refractivity contribution in [1.82, 2.24) is 0 Å².